The van der Waals surface area contributed by atoms with E-state index < -0.39 is 0 Å². The van der Waals surface area contributed by atoms with Gasteiger partial charge in [-0.15, -0.1) is 0 Å². The summed E-state index contributed by atoms with van der Waals surface area (Å²) in [5.74, 6) is 13.9. The van der Waals surface area contributed by atoms with E-state index in [1.165, 1.54) is 11.1 Å². The Hall–Kier alpha value is -3.42. The second kappa shape index (κ2) is 12.2. The lowest BCUT2D eigenvalue weighted by atomic mass is 10.1. The normalized spacial score (nSPS) is 9.77. The molecule has 0 radical (unpaired) electrons. The third-order valence-electron chi connectivity index (χ3n) is 4.88. The standard InChI is InChI=1S/C29H28O/c1-30-29-23-22-27(20-12-4-10-18-25-14-6-2-7-15-25)24-28(29)21-13-5-11-19-26-16-8-3-9-17-26/h2-3,6-9,14-17,22-24H,4-5,10-11,18-19H2,1H3. The van der Waals surface area contributed by atoms with Gasteiger partial charge in [-0.25, -0.2) is 0 Å². The molecular weight excluding hydrogens is 364 g/mol. The maximum Gasteiger partial charge on any atom is 0.134 e. The Morgan fingerprint density at radius 2 is 1.23 bits per heavy atom. The Morgan fingerprint density at radius 1 is 0.667 bits per heavy atom. The molecule has 0 aliphatic rings. The van der Waals surface area contributed by atoms with E-state index in [9.17, 15) is 0 Å². The molecule has 0 saturated carbocycles. The fourth-order valence-electron chi connectivity index (χ4n) is 3.26. The van der Waals surface area contributed by atoms with Gasteiger partial charge in [-0.1, -0.05) is 84.3 Å². The van der Waals surface area contributed by atoms with E-state index in [2.05, 4.69) is 84.3 Å². The average molecular weight is 393 g/mol. The summed E-state index contributed by atoms with van der Waals surface area (Å²) in [7, 11) is 1.69. The summed E-state index contributed by atoms with van der Waals surface area (Å²) in [4.78, 5) is 0. The third kappa shape index (κ3) is 7.20. The first-order chi connectivity index (χ1) is 14.8. The predicted octanol–water partition coefficient (Wildman–Crippen LogP) is 6.44. The van der Waals surface area contributed by atoms with Gasteiger partial charge in [0, 0.05) is 18.4 Å². The zero-order chi connectivity index (χ0) is 20.9. The van der Waals surface area contributed by atoms with Gasteiger partial charge >= 0.3 is 0 Å². The minimum absolute atomic E-state index is 0.806. The molecule has 0 heterocycles. The second-order valence-corrected chi connectivity index (χ2v) is 7.20. The van der Waals surface area contributed by atoms with Crippen molar-refractivity contribution < 1.29 is 4.74 Å². The quantitative estimate of drug-likeness (QED) is 0.332. The SMILES string of the molecule is COc1ccc(C#CCCCc2ccccc2)cc1C#CCCCc1ccccc1. The topological polar surface area (TPSA) is 9.23 Å². The molecule has 0 aromatic heterocycles. The van der Waals surface area contributed by atoms with Crippen molar-refractivity contribution >= 4 is 0 Å². The summed E-state index contributed by atoms with van der Waals surface area (Å²) in [6, 6.07) is 27.1. The molecule has 0 fully saturated rings. The lowest BCUT2D eigenvalue weighted by Crippen LogP contribution is -1.89. The first-order valence-electron chi connectivity index (χ1n) is 10.6. The van der Waals surface area contributed by atoms with E-state index in [0.29, 0.717) is 0 Å². The van der Waals surface area contributed by atoms with Crippen LogP contribution in [0.3, 0.4) is 0 Å². The number of hydrogen-bond acceptors (Lipinski definition) is 1. The van der Waals surface area contributed by atoms with Crippen LogP contribution in [0.15, 0.2) is 78.9 Å². The minimum atomic E-state index is 0.806. The lowest BCUT2D eigenvalue weighted by molar-refractivity contribution is 0.413. The monoisotopic (exact) mass is 392 g/mol. The Kier molecular flexibility index (Phi) is 8.66. The molecule has 0 unspecified atom stereocenters. The second-order valence-electron chi connectivity index (χ2n) is 7.20. The number of benzene rings is 3. The van der Waals surface area contributed by atoms with Gasteiger partial charge in [-0.2, -0.15) is 0 Å². The summed E-state index contributed by atoms with van der Waals surface area (Å²) in [6.45, 7) is 0. The van der Waals surface area contributed by atoms with Crippen molar-refractivity contribution in [3.63, 3.8) is 0 Å². The molecule has 3 aromatic rings. The molecule has 0 N–H and O–H groups in total. The largest absolute Gasteiger partial charge is 0.495 e. The minimum Gasteiger partial charge on any atom is -0.495 e. The molecule has 3 aromatic carbocycles. The summed E-state index contributed by atoms with van der Waals surface area (Å²) in [6.07, 6.45) is 6.01. The molecule has 0 amide bonds. The van der Waals surface area contributed by atoms with Crippen LogP contribution in [0.2, 0.25) is 0 Å². The van der Waals surface area contributed by atoms with Crippen molar-refractivity contribution in [3.05, 3.63) is 101 Å². The van der Waals surface area contributed by atoms with Gasteiger partial charge in [0.25, 0.3) is 0 Å². The smallest absolute Gasteiger partial charge is 0.134 e. The summed E-state index contributed by atoms with van der Waals surface area (Å²) < 4.78 is 5.47. The van der Waals surface area contributed by atoms with Crippen LogP contribution in [0, 0.1) is 23.7 Å². The van der Waals surface area contributed by atoms with Crippen LogP contribution < -0.4 is 4.74 Å². The predicted molar refractivity (Wildman–Crippen MR) is 126 cm³/mol. The number of methoxy groups -OCH3 is 1. The Bertz CT molecular complexity index is 1030. The van der Waals surface area contributed by atoms with Crippen molar-refractivity contribution in [2.24, 2.45) is 0 Å². The van der Waals surface area contributed by atoms with E-state index >= 15 is 0 Å². The van der Waals surface area contributed by atoms with Crippen LogP contribution in [0.5, 0.6) is 5.75 Å². The van der Waals surface area contributed by atoms with Crippen LogP contribution in [-0.4, -0.2) is 7.11 Å². The molecule has 1 heteroatoms. The van der Waals surface area contributed by atoms with E-state index in [1.54, 1.807) is 7.11 Å². The molecule has 0 aliphatic heterocycles. The molecule has 0 spiro atoms. The van der Waals surface area contributed by atoms with Crippen LogP contribution in [0.1, 0.15) is 47.9 Å². The van der Waals surface area contributed by atoms with Crippen molar-refractivity contribution in [2.45, 2.75) is 38.5 Å². The molecule has 0 atom stereocenters. The van der Waals surface area contributed by atoms with E-state index in [-0.39, 0.29) is 0 Å². The zero-order valence-corrected chi connectivity index (χ0v) is 17.7. The van der Waals surface area contributed by atoms with E-state index in [1.807, 2.05) is 18.2 Å². The highest BCUT2D eigenvalue weighted by atomic mass is 16.5. The first kappa shape index (κ1) is 21.3. The van der Waals surface area contributed by atoms with Crippen molar-refractivity contribution in [1.82, 2.24) is 0 Å². The van der Waals surface area contributed by atoms with Gasteiger partial charge in [-0.05, 0) is 55.0 Å². The highest BCUT2D eigenvalue weighted by Gasteiger charge is 2.00. The average Bonchev–Trinajstić information content (AvgIpc) is 2.80. The van der Waals surface area contributed by atoms with Crippen LogP contribution in [-0.2, 0) is 12.8 Å². The van der Waals surface area contributed by atoms with Crippen LogP contribution >= 0.6 is 0 Å². The van der Waals surface area contributed by atoms with Gasteiger partial charge in [0.05, 0.1) is 12.7 Å². The molecule has 0 saturated heterocycles. The number of hydrogen-bond donors (Lipinski definition) is 0. The van der Waals surface area contributed by atoms with Crippen LogP contribution in [0.4, 0.5) is 0 Å². The van der Waals surface area contributed by atoms with Gasteiger partial charge in [0.2, 0.25) is 0 Å². The fraction of sp³-hybridized carbons (Fsp3) is 0.241. The van der Waals surface area contributed by atoms with Crippen molar-refractivity contribution in [1.29, 1.82) is 0 Å². The van der Waals surface area contributed by atoms with E-state index in [0.717, 1.165) is 55.4 Å². The molecular formula is C29H28O. The maximum atomic E-state index is 5.47. The van der Waals surface area contributed by atoms with Gasteiger partial charge in [0.1, 0.15) is 5.75 Å². The Morgan fingerprint density at radius 3 is 1.80 bits per heavy atom. The number of rotatable bonds is 7. The molecule has 1 nitrogen and oxygen atoms in total. The third-order valence-corrected chi connectivity index (χ3v) is 4.88. The van der Waals surface area contributed by atoms with Gasteiger partial charge in [0.15, 0.2) is 0 Å². The molecule has 150 valence electrons. The van der Waals surface area contributed by atoms with Crippen LogP contribution in [0.25, 0.3) is 0 Å². The number of ether oxygens (including phenoxy) is 1. The number of unbranched alkanes of at least 4 members (excludes halogenated alkanes) is 2. The van der Waals surface area contributed by atoms with Gasteiger partial charge in [-0.3, -0.25) is 0 Å². The maximum absolute atomic E-state index is 5.47. The number of aryl methyl sites for hydroxylation is 2. The summed E-state index contributed by atoms with van der Waals surface area (Å²) in [5, 5.41) is 0. The molecule has 30 heavy (non-hydrogen) atoms. The van der Waals surface area contributed by atoms with Crippen molar-refractivity contribution in [3.8, 4) is 29.4 Å². The first-order valence-corrected chi connectivity index (χ1v) is 10.6. The highest BCUT2D eigenvalue weighted by Crippen LogP contribution is 2.18. The zero-order valence-electron chi connectivity index (χ0n) is 17.7. The summed E-state index contributed by atoms with van der Waals surface area (Å²) >= 11 is 0. The Balaban J connectivity index is 1.52. The molecule has 0 aliphatic carbocycles. The molecule has 0 bridgehead atoms. The lowest BCUT2D eigenvalue weighted by Gasteiger charge is -2.03. The Labute approximate surface area is 181 Å². The summed E-state index contributed by atoms with van der Waals surface area (Å²) in [5.41, 5.74) is 4.63. The fourth-order valence-corrected chi connectivity index (χ4v) is 3.26. The van der Waals surface area contributed by atoms with E-state index in [4.69, 9.17) is 4.74 Å². The molecule has 3 rings (SSSR count). The van der Waals surface area contributed by atoms with Gasteiger partial charge < -0.3 is 4.74 Å². The highest BCUT2D eigenvalue weighted by molar-refractivity contribution is 5.51. The van der Waals surface area contributed by atoms with Crippen molar-refractivity contribution in [2.75, 3.05) is 7.11 Å².